The van der Waals surface area contributed by atoms with E-state index in [4.69, 9.17) is 4.74 Å². The molecular weight excluding hydrogens is 578 g/mol. The zero-order valence-electron chi connectivity index (χ0n) is 21.6. The van der Waals surface area contributed by atoms with Gasteiger partial charge in [0.05, 0.1) is 21.2 Å². The lowest BCUT2D eigenvalue weighted by atomic mass is 9.97. The molecule has 1 aromatic carbocycles. The van der Waals surface area contributed by atoms with Crippen molar-refractivity contribution in [1.29, 1.82) is 0 Å². The molecule has 0 saturated heterocycles. The van der Waals surface area contributed by atoms with Crippen molar-refractivity contribution in [2.45, 2.75) is 45.0 Å². The van der Waals surface area contributed by atoms with E-state index in [1.165, 1.54) is 58.8 Å². The number of carbonyl (C=O) groups excluding carboxylic acids is 2. The number of carbonyl (C=O) groups is 2. The van der Waals surface area contributed by atoms with E-state index < -0.39 is 5.41 Å². The van der Waals surface area contributed by atoms with Crippen LogP contribution in [0, 0.1) is 11.2 Å². The Labute approximate surface area is 242 Å². The van der Waals surface area contributed by atoms with Gasteiger partial charge in [0.15, 0.2) is 5.16 Å². The third-order valence-electron chi connectivity index (χ3n) is 5.18. The van der Waals surface area contributed by atoms with Gasteiger partial charge < -0.3 is 14.6 Å². The van der Waals surface area contributed by atoms with Gasteiger partial charge in [0, 0.05) is 22.6 Å². The maximum atomic E-state index is 13.4. The van der Waals surface area contributed by atoms with Crippen LogP contribution < -0.4 is 5.32 Å². The van der Waals surface area contributed by atoms with Gasteiger partial charge >= 0.3 is 5.97 Å². The molecule has 3 aromatic heterocycles. The molecule has 0 aliphatic carbocycles. The molecule has 0 spiro atoms. The first kappa shape index (κ1) is 29.1. The quantitative estimate of drug-likeness (QED) is 0.149. The molecule has 0 aliphatic heterocycles. The number of nitrogens with zero attached hydrogens (tertiary/aromatic N) is 4. The van der Waals surface area contributed by atoms with Crippen LogP contribution in [-0.4, -0.2) is 44.0 Å². The third kappa shape index (κ3) is 7.84. The van der Waals surface area contributed by atoms with Crippen LogP contribution >= 0.6 is 46.6 Å². The molecule has 3 heterocycles. The summed E-state index contributed by atoms with van der Waals surface area (Å²) >= 11 is 5.58. The van der Waals surface area contributed by atoms with E-state index in [1.807, 2.05) is 45.2 Å². The number of esters is 1. The highest BCUT2D eigenvalue weighted by Gasteiger charge is 2.29. The van der Waals surface area contributed by atoms with E-state index in [0.29, 0.717) is 32.4 Å². The highest BCUT2D eigenvalue weighted by atomic mass is 32.2. The van der Waals surface area contributed by atoms with Crippen molar-refractivity contribution in [3.63, 3.8) is 0 Å². The minimum Gasteiger partial charge on any atom is -0.466 e. The van der Waals surface area contributed by atoms with Gasteiger partial charge in [-0.25, -0.2) is 9.37 Å². The van der Waals surface area contributed by atoms with Crippen LogP contribution in [0.3, 0.4) is 0 Å². The monoisotopic (exact) mass is 603 g/mol. The number of pyridine rings is 1. The highest BCUT2D eigenvalue weighted by molar-refractivity contribution is 8.01. The number of halogens is 1. The smallest absolute Gasteiger partial charge is 0.312 e. The predicted octanol–water partition coefficient (Wildman–Crippen LogP) is 6.65. The number of rotatable bonds is 11. The van der Waals surface area contributed by atoms with Gasteiger partial charge in [-0.15, -0.1) is 33.3 Å². The molecule has 0 unspecified atom stereocenters. The van der Waals surface area contributed by atoms with E-state index in [1.54, 1.807) is 30.0 Å². The summed E-state index contributed by atoms with van der Waals surface area (Å²) in [7, 11) is 1.83. The molecule has 204 valence electrons. The van der Waals surface area contributed by atoms with E-state index in [0.717, 1.165) is 9.10 Å². The molecule has 4 rings (SSSR count). The van der Waals surface area contributed by atoms with Crippen LogP contribution in [0.15, 0.2) is 79.0 Å². The standard InChI is InChI=1S/C26H26FN5O3S4/c1-5-35-24(34)26(2,3)14-36-21-13-12-20(38-21)30-23(33)22-18(37-17-8-6-16(27)7-9-17)10-11-19(29-22)39-25-31-28-15-32(25)4/h6-13,15H,5,14H2,1-4H3,(H,30,33). The number of thiophene rings is 1. The van der Waals surface area contributed by atoms with Crippen LogP contribution in [0.25, 0.3) is 0 Å². The number of amides is 1. The highest BCUT2D eigenvalue weighted by Crippen LogP contribution is 2.37. The van der Waals surface area contributed by atoms with E-state index in [2.05, 4.69) is 20.5 Å². The number of nitrogens with one attached hydrogen (secondary N) is 1. The molecule has 8 nitrogen and oxygen atoms in total. The first-order valence-corrected chi connectivity index (χ1v) is 15.3. The zero-order valence-corrected chi connectivity index (χ0v) is 24.9. The Bertz CT molecular complexity index is 1460. The molecular formula is C26H26FN5O3S4. The normalized spacial score (nSPS) is 11.4. The van der Waals surface area contributed by atoms with Gasteiger partial charge in [-0.1, -0.05) is 11.8 Å². The summed E-state index contributed by atoms with van der Waals surface area (Å²) in [5.74, 6) is -0.395. The van der Waals surface area contributed by atoms with Crippen molar-refractivity contribution in [3.05, 3.63) is 66.4 Å². The molecule has 13 heteroatoms. The average molecular weight is 604 g/mol. The first-order valence-electron chi connectivity index (χ1n) is 11.8. The topological polar surface area (TPSA) is 99.0 Å². The molecule has 0 aliphatic rings. The van der Waals surface area contributed by atoms with Gasteiger partial charge in [0.25, 0.3) is 5.91 Å². The van der Waals surface area contributed by atoms with Crippen molar-refractivity contribution in [3.8, 4) is 0 Å². The lowest BCUT2D eigenvalue weighted by Gasteiger charge is -2.21. The number of anilines is 1. The second-order valence-electron chi connectivity index (χ2n) is 8.84. The van der Waals surface area contributed by atoms with Gasteiger partial charge in [0.2, 0.25) is 0 Å². The molecule has 0 radical (unpaired) electrons. The SMILES string of the molecule is CCOC(=O)C(C)(C)CSc1ccc(NC(=O)c2nc(Sc3nncn3C)ccc2Sc2ccc(F)cc2)s1. The Morgan fingerprint density at radius 3 is 2.56 bits per heavy atom. The molecule has 0 saturated carbocycles. The van der Waals surface area contributed by atoms with Crippen LogP contribution in [0.4, 0.5) is 9.39 Å². The summed E-state index contributed by atoms with van der Waals surface area (Å²) in [4.78, 5) is 31.7. The van der Waals surface area contributed by atoms with Gasteiger partial charge in [-0.2, -0.15) is 0 Å². The molecule has 1 N–H and O–H groups in total. The first-order chi connectivity index (χ1) is 18.6. The van der Waals surface area contributed by atoms with Crippen molar-refractivity contribution in [1.82, 2.24) is 19.7 Å². The third-order valence-corrected chi connectivity index (χ3v) is 9.91. The second kappa shape index (κ2) is 13.0. The lowest BCUT2D eigenvalue weighted by molar-refractivity contribution is -0.152. The maximum Gasteiger partial charge on any atom is 0.312 e. The number of benzene rings is 1. The summed E-state index contributed by atoms with van der Waals surface area (Å²) in [5.41, 5.74) is -0.395. The fraction of sp³-hybridized carbons (Fsp3) is 0.269. The Hall–Kier alpha value is -2.87. The summed E-state index contributed by atoms with van der Waals surface area (Å²) in [6.07, 6.45) is 1.59. The minimum absolute atomic E-state index is 0.237. The molecule has 0 fully saturated rings. The Kier molecular flexibility index (Phi) is 9.70. The lowest BCUT2D eigenvalue weighted by Crippen LogP contribution is -2.29. The number of ether oxygens (including phenoxy) is 1. The van der Waals surface area contributed by atoms with E-state index in [-0.39, 0.29) is 23.4 Å². The second-order valence-corrected chi connectivity index (χ2v) is 13.3. The Morgan fingerprint density at radius 2 is 1.87 bits per heavy atom. The number of aryl methyl sites for hydroxylation is 1. The van der Waals surface area contributed by atoms with Crippen molar-refractivity contribution < 1.29 is 18.7 Å². The van der Waals surface area contributed by atoms with E-state index >= 15 is 0 Å². The van der Waals surface area contributed by atoms with Crippen molar-refractivity contribution >= 4 is 63.5 Å². The molecule has 0 bridgehead atoms. The maximum absolute atomic E-state index is 13.4. The van der Waals surface area contributed by atoms with E-state index in [9.17, 15) is 14.0 Å². The fourth-order valence-electron chi connectivity index (χ4n) is 3.09. The van der Waals surface area contributed by atoms with Crippen molar-refractivity contribution in [2.24, 2.45) is 12.5 Å². The van der Waals surface area contributed by atoms with Gasteiger partial charge in [0.1, 0.15) is 22.9 Å². The number of aromatic nitrogens is 4. The minimum atomic E-state index is -0.634. The summed E-state index contributed by atoms with van der Waals surface area (Å²) in [6.45, 7) is 5.84. The molecule has 0 atom stereocenters. The Morgan fingerprint density at radius 1 is 1.10 bits per heavy atom. The van der Waals surface area contributed by atoms with Gasteiger partial charge in [-0.05, 0) is 81.1 Å². The summed E-state index contributed by atoms with van der Waals surface area (Å²) < 4.78 is 21.3. The summed E-state index contributed by atoms with van der Waals surface area (Å²) in [6, 6.07) is 13.4. The molecule has 4 aromatic rings. The summed E-state index contributed by atoms with van der Waals surface area (Å²) in [5, 5.41) is 12.8. The number of hydrogen-bond acceptors (Lipinski definition) is 10. The molecule has 1 amide bonds. The van der Waals surface area contributed by atoms with Crippen LogP contribution in [0.1, 0.15) is 31.3 Å². The van der Waals surface area contributed by atoms with Crippen LogP contribution in [0.5, 0.6) is 0 Å². The van der Waals surface area contributed by atoms with Crippen LogP contribution in [-0.2, 0) is 16.6 Å². The Balaban J connectivity index is 1.52. The average Bonchev–Trinajstić information content (AvgIpc) is 3.53. The number of hydrogen-bond donors (Lipinski definition) is 1. The zero-order chi connectivity index (χ0) is 28.0. The molecule has 39 heavy (non-hydrogen) atoms. The fourth-order valence-corrected chi connectivity index (χ4v) is 6.83. The van der Waals surface area contributed by atoms with Crippen LogP contribution in [0.2, 0.25) is 0 Å². The predicted molar refractivity (Wildman–Crippen MR) is 153 cm³/mol. The van der Waals surface area contributed by atoms with Gasteiger partial charge in [-0.3, -0.25) is 9.59 Å². The van der Waals surface area contributed by atoms with Crippen molar-refractivity contribution in [2.75, 3.05) is 17.7 Å². The largest absolute Gasteiger partial charge is 0.466 e. The number of thioether (sulfide) groups is 1.